The van der Waals surface area contributed by atoms with E-state index in [1.165, 1.54) is 24.0 Å². The Kier molecular flexibility index (Phi) is 4.74. The third-order valence-corrected chi connectivity index (χ3v) is 6.13. The molecule has 0 spiro atoms. The molecule has 0 aromatic carbocycles. The van der Waals surface area contributed by atoms with Gasteiger partial charge in [0.15, 0.2) is 0 Å². The minimum atomic E-state index is -0.478. The fraction of sp³-hybridized carbons (Fsp3) is 0.250. The molecule has 86 valence electrons. The zero-order valence-corrected chi connectivity index (χ0v) is 13.0. The summed E-state index contributed by atoms with van der Waals surface area (Å²) in [6.45, 7) is 4.17. The first kappa shape index (κ1) is 12.8. The molecule has 0 unspecified atom stereocenters. The van der Waals surface area contributed by atoms with E-state index in [4.69, 9.17) is 0 Å². The second kappa shape index (κ2) is 6.31. The molecule has 2 aliphatic carbocycles. The van der Waals surface area contributed by atoms with Gasteiger partial charge >= 0.3 is 116 Å². The van der Waals surface area contributed by atoms with Crippen LogP contribution in [-0.4, -0.2) is 0 Å². The Hall–Kier alpha value is -0.677. The van der Waals surface area contributed by atoms with Crippen molar-refractivity contribution < 1.29 is 23.2 Å². The van der Waals surface area contributed by atoms with Crippen LogP contribution >= 0.6 is 0 Å². The third kappa shape index (κ3) is 3.64. The van der Waals surface area contributed by atoms with Gasteiger partial charge in [0.1, 0.15) is 0 Å². The van der Waals surface area contributed by atoms with Gasteiger partial charge in [-0.1, -0.05) is 0 Å². The topological polar surface area (TPSA) is 0 Å². The molecule has 0 atom stereocenters. The standard InChI is InChI=1S/2C8H9.Zr/c2*1-2-5-8-6-3-4-7-8;/h2*2,5-7H,3H2,1H3;. The average Bonchev–Trinajstić information content (AvgIpc) is 2.91. The van der Waals surface area contributed by atoms with Gasteiger partial charge in [-0.05, 0) is 0 Å². The molecule has 0 heterocycles. The van der Waals surface area contributed by atoms with Gasteiger partial charge in [0.2, 0.25) is 0 Å². The van der Waals surface area contributed by atoms with Crippen molar-refractivity contribution >= 4 is 0 Å². The summed E-state index contributed by atoms with van der Waals surface area (Å²) in [6.07, 6.45) is 20.6. The zero-order valence-electron chi connectivity index (χ0n) is 10.5. The molecular weight excluding hydrogens is 283 g/mol. The van der Waals surface area contributed by atoms with E-state index >= 15 is 0 Å². The van der Waals surface area contributed by atoms with Gasteiger partial charge in [0.05, 0.1) is 0 Å². The van der Waals surface area contributed by atoms with Gasteiger partial charge in [0.25, 0.3) is 0 Å². The van der Waals surface area contributed by atoms with Crippen molar-refractivity contribution in [1.29, 1.82) is 0 Å². The van der Waals surface area contributed by atoms with Crippen LogP contribution in [-0.2, 0) is 23.2 Å². The van der Waals surface area contributed by atoms with Crippen LogP contribution in [0.15, 0.2) is 66.3 Å². The molecule has 0 saturated heterocycles. The molecule has 0 fully saturated rings. The van der Waals surface area contributed by atoms with Crippen molar-refractivity contribution in [3.63, 3.8) is 0 Å². The SMILES string of the molecule is CC=CC1=CC[C]([Zr][C]2=CC(C=CC)=CC2)=C1. The molecule has 2 aliphatic rings. The molecule has 2 rings (SSSR count). The Balaban J connectivity index is 1.93. The molecule has 0 amide bonds. The van der Waals surface area contributed by atoms with Gasteiger partial charge in [-0.25, -0.2) is 0 Å². The Morgan fingerprint density at radius 1 is 0.882 bits per heavy atom. The molecule has 0 aromatic heterocycles. The summed E-state index contributed by atoms with van der Waals surface area (Å²) in [4.78, 5) is 0. The number of hydrogen-bond donors (Lipinski definition) is 0. The van der Waals surface area contributed by atoms with Gasteiger partial charge in [-0.2, -0.15) is 0 Å². The van der Waals surface area contributed by atoms with E-state index in [0.29, 0.717) is 0 Å². The van der Waals surface area contributed by atoms with Crippen LogP contribution in [0, 0.1) is 0 Å². The minimum absolute atomic E-state index is 0.478. The van der Waals surface area contributed by atoms with Gasteiger partial charge in [-0.15, -0.1) is 0 Å². The van der Waals surface area contributed by atoms with Crippen LogP contribution in [0.4, 0.5) is 0 Å². The fourth-order valence-electron chi connectivity index (χ4n) is 2.09. The first-order chi connectivity index (χ1) is 8.31. The Labute approximate surface area is 116 Å². The Morgan fingerprint density at radius 2 is 1.35 bits per heavy atom. The maximum atomic E-state index is 2.40. The van der Waals surface area contributed by atoms with Crippen LogP contribution < -0.4 is 0 Å². The van der Waals surface area contributed by atoms with E-state index in [-0.39, 0.29) is 0 Å². The Bertz CT molecular complexity index is 424. The van der Waals surface area contributed by atoms with Gasteiger partial charge in [-0.3, -0.25) is 0 Å². The molecule has 0 aromatic rings. The summed E-state index contributed by atoms with van der Waals surface area (Å²) in [5.41, 5.74) is 2.81. The summed E-state index contributed by atoms with van der Waals surface area (Å²) < 4.78 is 3.42. The third-order valence-electron chi connectivity index (χ3n) is 2.84. The summed E-state index contributed by atoms with van der Waals surface area (Å²) in [7, 11) is 0. The second-order valence-electron chi connectivity index (χ2n) is 4.28. The van der Waals surface area contributed by atoms with E-state index in [2.05, 4.69) is 62.5 Å². The van der Waals surface area contributed by atoms with Crippen molar-refractivity contribution in [2.24, 2.45) is 0 Å². The predicted octanol–water partition coefficient (Wildman–Crippen LogP) is 4.65. The molecule has 17 heavy (non-hydrogen) atoms. The fourth-order valence-corrected chi connectivity index (χ4v) is 5.28. The Morgan fingerprint density at radius 3 is 1.76 bits per heavy atom. The van der Waals surface area contributed by atoms with Crippen LogP contribution in [0.3, 0.4) is 0 Å². The van der Waals surface area contributed by atoms with Crippen LogP contribution in [0.5, 0.6) is 0 Å². The first-order valence-electron chi connectivity index (χ1n) is 6.15. The van der Waals surface area contributed by atoms with Gasteiger partial charge < -0.3 is 0 Å². The second-order valence-corrected chi connectivity index (χ2v) is 8.05. The van der Waals surface area contributed by atoms with Crippen LogP contribution in [0.1, 0.15) is 26.7 Å². The number of rotatable bonds is 4. The average molecular weight is 302 g/mol. The number of hydrogen-bond acceptors (Lipinski definition) is 0. The van der Waals surface area contributed by atoms with Crippen molar-refractivity contribution in [2.45, 2.75) is 26.7 Å². The molecular formula is C16H18Zr. The van der Waals surface area contributed by atoms with Crippen LogP contribution in [0.2, 0.25) is 0 Å². The molecule has 0 N–H and O–H groups in total. The zero-order chi connectivity index (χ0) is 12.1. The van der Waals surface area contributed by atoms with Crippen molar-refractivity contribution in [3.8, 4) is 0 Å². The van der Waals surface area contributed by atoms with Crippen molar-refractivity contribution in [1.82, 2.24) is 0 Å². The molecule has 0 saturated carbocycles. The molecule has 0 bridgehead atoms. The van der Waals surface area contributed by atoms with Gasteiger partial charge in [0, 0.05) is 0 Å². The summed E-state index contributed by atoms with van der Waals surface area (Å²) in [6, 6.07) is 0. The quantitative estimate of drug-likeness (QED) is 0.709. The van der Waals surface area contributed by atoms with Crippen LogP contribution in [0.25, 0.3) is 0 Å². The molecule has 0 nitrogen and oxygen atoms in total. The van der Waals surface area contributed by atoms with E-state index in [9.17, 15) is 0 Å². The monoisotopic (exact) mass is 300 g/mol. The van der Waals surface area contributed by atoms with Crippen molar-refractivity contribution in [2.75, 3.05) is 0 Å². The van der Waals surface area contributed by atoms with E-state index in [1.54, 1.807) is 6.56 Å². The van der Waals surface area contributed by atoms with Crippen molar-refractivity contribution in [3.05, 3.63) is 66.3 Å². The van der Waals surface area contributed by atoms with E-state index < -0.39 is 23.2 Å². The predicted molar refractivity (Wildman–Crippen MR) is 71.2 cm³/mol. The maximum absolute atomic E-state index is 2.40. The summed E-state index contributed by atoms with van der Waals surface area (Å²) in [5, 5.41) is 0. The normalized spacial score (nSPS) is 19.6. The molecule has 0 aliphatic heterocycles. The molecule has 0 radical (unpaired) electrons. The number of allylic oxidation sites excluding steroid dienone is 12. The van der Waals surface area contributed by atoms with E-state index in [0.717, 1.165) is 0 Å². The summed E-state index contributed by atoms with van der Waals surface area (Å²) in [5.74, 6) is 0. The molecule has 1 heteroatoms. The summed E-state index contributed by atoms with van der Waals surface area (Å²) >= 11 is -0.478. The van der Waals surface area contributed by atoms with E-state index in [1.807, 2.05) is 0 Å². The first-order valence-corrected chi connectivity index (χ1v) is 8.61.